The highest BCUT2D eigenvalue weighted by Gasteiger charge is 2.31. The van der Waals surface area contributed by atoms with Gasteiger partial charge in [0.15, 0.2) is 0 Å². The molecule has 2 rings (SSSR count). The van der Waals surface area contributed by atoms with Crippen LogP contribution in [-0.4, -0.2) is 28.5 Å². The summed E-state index contributed by atoms with van der Waals surface area (Å²) in [5.74, 6) is 0.735. The highest BCUT2D eigenvalue weighted by molar-refractivity contribution is 9.10. The Hall–Kier alpha value is -0.390. The van der Waals surface area contributed by atoms with Gasteiger partial charge in [-0.2, -0.15) is 5.10 Å². The summed E-state index contributed by atoms with van der Waals surface area (Å²) in [5.41, 5.74) is 8.77. The first-order valence-electron chi connectivity index (χ1n) is 8.20. The fraction of sp³-hybridized carbons (Fsp3) is 0.812. The van der Waals surface area contributed by atoms with Crippen molar-refractivity contribution in [3.05, 3.63) is 15.9 Å². The first-order valence-corrected chi connectivity index (χ1v) is 8.99. The number of aryl methyl sites for hydroxylation is 2. The first kappa shape index (κ1) is 17.0. The topological polar surface area (TPSA) is 53.1 Å². The molecule has 1 unspecified atom stereocenters. The van der Waals surface area contributed by atoms with Gasteiger partial charge in [-0.05, 0) is 61.4 Å². The van der Waals surface area contributed by atoms with Crippen LogP contribution in [0.1, 0.15) is 51.4 Å². The van der Waals surface area contributed by atoms with Crippen molar-refractivity contribution in [2.45, 2.75) is 71.6 Å². The summed E-state index contributed by atoms with van der Waals surface area (Å²) < 4.78 is 8.86. The molecule has 1 saturated carbocycles. The fourth-order valence-corrected chi connectivity index (χ4v) is 3.94. The van der Waals surface area contributed by atoms with Crippen LogP contribution < -0.4 is 5.73 Å². The molecule has 1 aliphatic rings. The number of ether oxygens (including phenoxy) is 1. The monoisotopic (exact) mass is 357 g/mol. The lowest BCUT2D eigenvalue weighted by Gasteiger charge is -2.36. The molecule has 1 heterocycles. The third-order valence-electron chi connectivity index (χ3n) is 4.38. The maximum absolute atomic E-state index is 6.38. The summed E-state index contributed by atoms with van der Waals surface area (Å²) in [4.78, 5) is 0. The van der Waals surface area contributed by atoms with Crippen molar-refractivity contribution in [2.24, 2.45) is 11.7 Å². The van der Waals surface area contributed by atoms with Gasteiger partial charge in [0, 0.05) is 25.6 Å². The molecule has 0 aromatic carbocycles. The number of hydrogen-bond donors (Lipinski definition) is 1. The van der Waals surface area contributed by atoms with Gasteiger partial charge in [0.1, 0.15) is 0 Å². The minimum Gasteiger partial charge on any atom is -0.378 e. The Morgan fingerprint density at radius 1 is 1.38 bits per heavy atom. The zero-order valence-corrected chi connectivity index (χ0v) is 15.0. The number of rotatable bonds is 8. The number of nitrogens with two attached hydrogens (primary N) is 1. The Balaban J connectivity index is 1.88. The zero-order valence-electron chi connectivity index (χ0n) is 13.4. The first-order chi connectivity index (χ1) is 10.1. The zero-order chi connectivity index (χ0) is 15.4. The molecule has 1 aromatic rings. The van der Waals surface area contributed by atoms with E-state index in [1.165, 1.54) is 18.5 Å². The van der Waals surface area contributed by atoms with Crippen LogP contribution in [0.15, 0.2) is 4.47 Å². The van der Waals surface area contributed by atoms with Gasteiger partial charge in [0.25, 0.3) is 0 Å². The SMILES string of the molecule is CCOC1CC(CC(N)Cc2c(Br)c(CC)nn2CC)C1. The van der Waals surface area contributed by atoms with Crippen molar-refractivity contribution in [3.8, 4) is 0 Å². The van der Waals surface area contributed by atoms with Gasteiger partial charge in [-0.1, -0.05) is 6.92 Å². The van der Waals surface area contributed by atoms with E-state index in [1.807, 2.05) is 0 Å². The number of nitrogens with zero attached hydrogens (tertiary/aromatic N) is 2. The Kier molecular flexibility index (Phi) is 6.26. The number of aromatic nitrogens is 2. The summed E-state index contributed by atoms with van der Waals surface area (Å²) >= 11 is 3.70. The van der Waals surface area contributed by atoms with Crippen LogP contribution in [0.5, 0.6) is 0 Å². The van der Waals surface area contributed by atoms with Crippen LogP contribution >= 0.6 is 15.9 Å². The van der Waals surface area contributed by atoms with Gasteiger partial charge in [-0.25, -0.2) is 0 Å². The highest BCUT2D eigenvalue weighted by Crippen LogP contribution is 2.34. The van der Waals surface area contributed by atoms with E-state index in [0.29, 0.717) is 6.10 Å². The van der Waals surface area contributed by atoms with Gasteiger partial charge in [-0.15, -0.1) is 0 Å². The molecule has 4 nitrogen and oxygen atoms in total. The second-order valence-electron chi connectivity index (χ2n) is 5.99. The van der Waals surface area contributed by atoms with Crippen molar-refractivity contribution < 1.29 is 4.74 Å². The number of hydrogen-bond acceptors (Lipinski definition) is 3. The van der Waals surface area contributed by atoms with Crippen molar-refractivity contribution in [1.82, 2.24) is 9.78 Å². The van der Waals surface area contributed by atoms with E-state index < -0.39 is 0 Å². The van der Waals surface area contributed by atoms with Gasteiger partial charge < -0.3 is 10.5 Å². The minimum atomic E-state index is 0.209. The molecular weight excluding hydrogens is 330 g/mol. The summed E-state index contributed by atoms with van der Waals surface area (Å²) in [7, 11) is 0. The summed E-state index contributed by atoms with van der Waals surface area (Å²) in [6.07, 6.45) is 5.77. The lowest BCUT2D eigenvalue weighted by molar-refractivity contribution is -0.0281. The molecule has 1 fully saturated rings. The van der Waals surface area contributed by atoms with Crippen LogP contribution in [0.2, 0.25) is 0 Å². The Morgan fingerprint density at radius 3 is 2.67 bits per heavy atom. The smallest absolute Gasteiger partial charge is 0.0766 e. The lowest BCUT2D eigenvalue weighted by atomic mass is 9.78. The van der Waals surface area contributed by atoms with E-state index in [1.54, 1.807) is 0 Å². The normalized spacial score (nSPS) is 23.1. The molecule has 0 aliphatic heterocycles. The largest absolute Gasteiger partial charge is 0.378 e. The molecule has 2 N–H and O–H groups in total. The molecule has 1 aromatic heterocycles. The van der Waals surface area contributed by atoms with E-state index in [-0.39, 0.29) is 6.04 Å². The second kappa shape index (κ2) is 7.75. The van der Waals surface area contributed by atoms with Gasteiger partial charge in [0.05, 0.1) is 22.0 Å². The molecule has 120 valence electrons. The van der Waals surface area contributed by atoms with Crippen LogP contribution in [0, 0.1) is 5.92 Å². The molecule has 0 amide bonds. The molecule has 0 radical (unpaired) electrons. The standard InChI is InChI=1S/C16H28BrN3O/c1-4-14-16(17)15(20(5-2)19-14)10-12(18)7-11-8-13(9-11)21-6-3/h11-13H,4-10,18H2,1-3H3. The maximum Gasteiger partial charge on any atom is 0.0766 e. The van der Waals surface area contributed by atoms with Crippen LogP contribution in [0.3, 0.4) is 0 Å². The van der Waals surface area contributed by atoms with Crippen LogP contribution in [0.25, 0.3) is 0 Å². The molecule has 1 atom stereocenters. The average Bonchev–Trinajstić information content (AvgIpc) is 2.73. The molecular formula is C16H28BrN3O. The molecule has 0 saturated heterocycles. The number of halogens is 1. The van der Waals surface area contributed by atoms with E-state index in [4.69, 9.17) is 10.5 Å². The molecule has 0 spiro atoms. The Labute approximate surface area is 136 Å². The van der Waals surface area contributed by atoms with Gasteiger partial charge >= 0.3 is 0 Å². The van der Waals surface area contributed by atoms with Crippen molar-refractivity contribution in [3.63, 3.8) is 0 Å². The van der Waals surface area contributed by atoms with Crippen LogP contribution in [-0.2, 0) is 24.1 Å². The van der Waals surface area contributed by atoms with E-state index in [9.17, 15) is 0 Å². The average molecular weight is 358 g/mol. The third kappa shape index (κ3) is 4.08. The predicted molar refractivity (Wildman–Crippen MR) is 89.4 cm³/mol. The highest BCUT2D eigenvalue weighted by atomic mass is 79.9. The van der Waals surface area contributed by atoms with E-state index >= 15 is 0 Å². The molecule has 0 bridgehead atoms. The fourth-order valence-electron chi connectivity index (χ4n) is 3.21. The van der Waals surface area contributed by atoms with Gasteiger partial charge in [0.2, 0.25) is 0 Å². The maximum atomic E-state index is 6.38. The van der Waals surface area contributed by atoms with E-state index in [0.717, 1.165) is 48.5 Å². The molecule has 5 heteroatoms. The van der Waals surface area contributed by atoms with Crippen molar-refractivity contribution in [1.29, 1.82) is 0 Å². The van der Waals surface area contributed by atoms with E-state index in [2.05, 4.69) is 46.5 Å². The lowest BCUT2D eigenvalue weighted by Crippen LogP contribution is -2.36. The summed E-state index contributed by atoms with van der Waals surface area (Å²) in [6, 6.07) is 0.209. The van der Waals surface area contributed by atoms with Crippen molar-refractivity contribution >= 4 is 15.9 Å². The molecule has 21 heavy (non-hydrogen) atoms. The summed E-state index contributed by atoms with van der Waals surface area (Å²) in [5, 5.41) is 4.64. The quantitative estimate of drug-likeness (QED) is 0.776. The van der Waals surface area contributed by atoms with Crippen LogP contribution in [0.4, 0.5) is 0 Å². The Bertz CT molecular complexity index is 455. The Morgan fingerprint density at radius 2 is 2.10 bits per heavy atom. The second-order valence-corrected chi connectivity index (χ2v) is 6.78. The van der Waals surface area contributed by atoms with Gasteiger partial charge in [-0.3, -0.25) is 4.68 Å². The third-order valence-corrected chi connectivity index (χ3v) is 5.30. The summed E-state index contributed by atoms with van der Waals surface area (Å²) in [6.45, 7) is 8.06. The molecule has 1 aliphatic carbocycles. The predicted octanol–water partition coefficient (Wildman–Crippen LogP) is 3.30. The van der Waals surface area contributed by atoms with Crippen molar-refractivity contribution in [2.75, 3.05) is 6.61 Å². The minimum absolute atomic E-state index is 0.209.